The molecule has 3 N–H and O–H groups in total. The number of halogens is 1. The van der Waals surface area contributed by atoms with Gasteiger partial charge in [0.15, 0.2) is 0 Å². The van der Waals surface area contributed by atoms with Crippen molar-refractivity contribution in [1.82, 2.24) is 5.32 Å². The molecule has 0 aromatic heterocycles. The zero-order chi connectivity index (χ0) is 12.1. The number of carbonyl (C=O) groups excluding carboxylic acids is 1. The fraction of sp³-hybridized carbons (Fsp3) is 0.273. The fourth-order valence-electron chi connectivity index (χ4n) is 1.18. The van der Waals surface area contributed by atoms with Crippen LogP contribution in [-0.2, 0) is 11.3 Å². The minimum Gasteiger partial charge on any atom is -0.368 e. The van der Waals surface area contributed by atoms with Crippen LogP contribution in [0.3, 0.4) is 0 Å². The zero-order valence-corrected chi connectivity index (χ0v) is 8.83. The first-order chi connectivity index (χ1) is 7.54. The summed E-state index contributed by atoms with van der Waals surface area (Å²) < 4.78 is 12.9. The largest absolute Gasteiger partial charge is 0.368 e. The molecule has 0 aliphatic rings. The van der Waals surface area contributed by atoms with Gasteiger partial charge < -0.3 is 11.1 Å². The number of nitriles is 1. The molecule has 84 valence electrons. The summed E-state index contributed by atoms with van der Waals surface area (Å²) in [6.45, 7) is 1.83. The molecule has 1 unspecified atom stereocenters. The first-order valence-corrected chi connectivity index (χ1v) is 4.76. The Balaban J connectivity index is 2.77. The fourth-order valence-corrected chi connectivity index (χ4v) is 1.18. The number of carbonyl (C=O) groups is 1. The van der Waals surface area contributed by atoms with Gasteiger partial charge in [-0.25, -0.2) is 4.39 Å². The summed E-state index contributed by atoms with van der Waals surface area (Å²) in [6, 6.07) is 5.32. The number of nitrogens with one attached hydrogen (secondary N) is 1. The summed E-state index contributed by atoms with van der Waals surface area (Å²) >= 11 is 0. The molecule has 1 amide bonds. The quantitative estimate of drug-likeness (QED) is 0.783. The average molecular weight is 221 g/mol. The molecule has 0 fully saturated rings. The first kappa shape index (κ1) is 12.1. The van der Waals surface area contributed by atoms with Gasteiger partial charge in [-0.2, -0.15) is 5.26 Å². The normalized spacial score (nSPS) is 11.8. The predicted molar refractivity (Wildman–Crippen MR) is 56.6 cm³/mol. The van der Waals surface area contributed by atoms with Crippen LogP contribution in [0, 0.1) is 17.1 Å². The van der Waals surface area contributed by atoms with Crippen molar-refractivity contribution in [3.05, 3.63) is 35.1 Å². The maximum atomic E-state index is 12.9. The number of nitrogens with two attached hydrogens (primary N) is 1. The zero-order valence-electron chi connectivity index (χ0n) is 8.83. The molecule has 0 saturated heterocycles. The lowest BCUT2D eigenvalue weighted by atomic mass is 10.1. The van der Waals surface area contributed by atoms with E-state index in [1.807, 2.05) is 6.07 Å². The van der Waals surface area contributed by atoms with Gasteiger partial charge in [-0.15, -0.1) is 0 Å². The molecule has 0 aliphatic carbocycles. The standard InChI is InChI=1S/C11H12FN3O/c1-7(11(14)16)15-6-9-4-10(12)3-2-8(9)5-13/h2-4,7,15H,6H2,1H3,(H2,14,16). The molecular formula is C11H12FN3O. The van der Waals surface area contributed by atoms with Gasteiger partial charge in [-0.1, -0.05) is 0 Å². The van der Waals surface area contributed by atoms with E-state index in [0.29, 0.717) is 11.1 Å². The van der Waals surface area contributed by atoms with Crippen molar-refractivity contribution in [2.75, 3.05) is 0 Å². The van der Waals surface area contributed by atoms with E-state index in [-0.39, 0.29) is 6.54 Å². The maximum absolute atomic E-state index is 12.9. The molecule has 1 atom stereocenters. The minimum atomic E-state index is -0.519. The Kier molecular flexibility index (Phi) is 3.97. The van der Waals surface area contributed by atoms with Crippen LogP contribution in [0.15, 0.2) is 18.2 Å². The van der Waals surface area contributed by atoms with Gasteiger partial charge in [-0.05, 0) is 30.7 Å². The number of rotatable bonds is 4. The van der Waals surface area contributed by atoms with E-state index >= 15 is 0 Å². The Bertz CT molecular complexity index is 439. The van der Waals surface area contributed by atoms with Crippen LogP contribution < -0.4 is 11.1 Å². The van der Waals surface area contributed by atoms with Crippen LogP contribution in [0.5, 0.6) is 0 Å². The van der Waals surface area contributed by atoms with E-state index in [4.69, 9.17) is 11.0 Å². The Morgan fingerprint density at radius 1 is 1.69 bits per heavy atom. The lowest BCUT2D eigenvalue weighted by Gasteiger charge is -2.10. The molecule has 0 aliphatic heterocycles. The summed E-state index contributed by atoms with van der Waals surface area (Å²) in [4.78, 5) is 10.8. The molecule has 1 aromatic rings. The number of nitrogens with zero attached hydrogens (tertiary/aromatic N) is 1. The Labute approximate surface area is 92.9 Å². The second-order valence-corrected chi connectivity index (χ2v) is 3.42. The van der Waals surface area contributed by atoms with Crippen molar-refractivity contribution in [2.45, 2.75) is 19.5 Å². The molecule has 16 heavy (non-hydrogen) atoms. The molecule has 0 radical (unpaired) electrons. The van der Waals surface area contributed by atoms with Crippen LogP contribution >= 0.6 is 0 Å². The highest BCUT2D eigenvalue weighted by Gasteiger charge is 2.09. The van der Waals surface area contributed by atoms with Crippen molar-refractivity contribution in [1.29, 1.82) is 5.26 Å². The van der Waals surface area contributed by atoms with E-state index in [2.05, 4.69) is 5.32 Å². The van der Waals surface area contributed by atoms with Crippen molar-refractivity contribution in [3.8, 4) is 6.07 Å². The smallest absolute Gasteiger partial charge is 0.234 e. The number of primary amides is 1. The third kappa shape index (κ3) is 3.04. The lowest BCUT2D eigenvalue weighted by molar-refractivity contribution is -0.119. The third-order valence-corrected chi connectivity index (χ3v) is 2.21. The van der Waals surface area contributed by atoms with Gasteiger partial charge in [0.05, 0.1) is 17.7 Å². The molecule has 0 spiro atoms. The first-order valence-electron chi connectivity index (χ1n) is 4.76. The van der Waals surface area contributed by atoms with Gasteiger partial charge in [-0.3, -0.25) is 4.79 Å². The number of benzene rings is 1. The Hall–Kier alpha value is -1.93. The molecule has 1 rings (SSSR count). The van der Waals surface area contributed by atoms with Gasteiger partial charge in [0.1, 0.15) is 5.82 Å². The molecule has 4 nitrogen and oxygen atoms in total. The summed E-state index contributed by atoms with van der Waals surface area (Å²) in [5.41, 5.74) is 5.95. The van der Waals surface area contributed by atoms with Gasteiger partial charge in [0, 0.05) is 6.54 Å². The molecule has 1 aromatic carbocycles. The molecule has 5 heteroatoms. The van der Waals surface area contributed by atoms with Crippen LogP contribution in [-0.4, -0.2) is 11.9 Å². The summed E-state index contributed by atoms with van der Waals surface area (Å²) in [5, 5.41) is 11.6. The Morgan fingerprint density at radius 3 is 2.94 bits per heavy atom. The lowest BCUT2D eigenvalue weighted by Crippen LogP contribution is -2.38. The third-order valence-electron chi connectivity index (χ3n) is 2.21. The average Bonchev–Trinajstić information content (AvgIpc) is 2.25. The van der Waals surface area contributed by atoms with Crippen LogP contribution in [0.1, 0.15) is 18.1 Å². The highest BCUT2D eigenvalue weighted by Crippen LogP contribution is 2.10. The van der Waals surface area contributed by atoms with Crippen molar-refractivity contribution in [3.63, 3.8) is 0 Å². The summed E-state index contributed by atoms with van der Waals surface area (Å²) in [5.74, 6) is -0.905. The highest BCUT2D eigenvalue weighted by molar-refractivity contribution is 5.79. The van der Waals surface area contributed by atoms with Gasteiger partial charge >= 0.3 is 0 Å². The van der Waals surface area contributed by atoms with Crippen LogP contribution in [0.4, 0.5) is 4.39 Å². The summed E-state index contributed by atoms with van der Waals surface area (Å²) in [7, 11) is 0. The number of hydrogen-bond acceptors (Lipinski definition) is 3. The minimum absolute atomic E-state index is 0.227. The molecule has 0 saturated carbocycles. The van der Waals surface area contributed by atoms with Crippen molar-refractivity contribution >= 4 is 5.91 Å². The van der Waals surface area contributed by atoms with Crippen LogP contribution in [0.2, 0.25) is 0 Å². The van der Waals surface area contributed by atoms with E-state index < -0.39 is 17.8 Å². The van der Waals surface area contributed by atoms with E-state index in [1.165, 1.54) is 18.2 Å². The van der Waals surface area contributed by atoms with Gasteiger partial charge in [0.2, 0.25) is 5.91 Å². The predicted octanol–water partition coefficient (Wildman–Crippen LogP) is 0.661. The van der Waals surface area contributed by atoms with E-state index in [1.54, 1.807) is 6.92 Å². The van der Waals surface area contributed by atoms with Crippen LogP contribution in [0.25, 0.3) is 0 Å². The maximum Gasteiger partial charge on any atom is 0.234 e. The van der Waals surface area contributed by atoms with Crippen molar-refractivity contribution in [2.24, 2.45) is 5.73 Å². The van der Waals surface area contributed by atoms with E-state index in [0.717, 1.165) is 0 Å². The number of hydrogen-bond donors (Lipinski definition) is 2. The highest BCUT2D eigenvalue weighted by atomic mass is 19.1. The molecule has 0 heterocycles. The van der Waals surface area contributed by atoms with Gasteiger partial charge in [0.25, 0.3) is 0 Å². The second-order valence-electron chi connectivity index (χ2n) is 3.42. The second kappa shape index (κ2) is 5.24. The SMILES string of the molecule is CC(NCc1cc(F)ccc1C#N)C(N)=O. The van der Waals surface area contributed by atoms with Crippen molar-refractivity contribution < 1.29 is 9.18 Å². The topological polar surface area (TPSA) is 78.9 Å². The molecule has 0 bridgehead atoms. The number of amides is 1. The monoisotopic (exact) mass is 221 g/mol. The summed E-state index contributed by atoms with van der Waals surface area (Å²) in [6.07, 6.45) is 0. The van der Waals surface area contributed by atoms with E-state index in [9.17, 15) is 9.18 Å². The Morgan fingerprint density at radius 2 is 2.38 bits per heavy atom. The molecular weight excluding hydrogens is 209 g/mol.